The molecule has 0 saturated heterocycles. The SMILES string of the molecule is [C-]#[N+]/C1=C\c2cc(cc(C(C)(C)C)c2)/C(C#N)=C/c2cc(cc(C(C)(C)C)c2)/C(C#N)=C/c2cc(cc(C(C)(C)C)c2)/C(C#N)=C/c2cc(cc(C(C)(C)C)c2)/C([N+]#[C-])=C/c2cc1cc(C(C)(C)C)c2. The third-order valence-corrected chi connectivity index (χ3v) is 12.8. The highest BCUT2D eigenvalue weighted by atomic mass is 14.7. The normalized spacial score (nSPS) is 17.4. The molecule has 0 fully saturated rings. The molecule has 10 bridgehead atoms. The van der Waals surface area contributed by atoms with Crippen LogP contribution in [0.15, 0.2) is 91.0 Å². The Morgan fingerprint density at radius 2 is 0.500 bits per heavy atom. The fourth-order valence-electron chi connectivity index (χ4n) is 8.32. The Balaban J connectivity index is 1.80. The summed E-state index contributed by atoms with van der Waals surface area (Å²) in [5.74, 6) is 0. The molecule has 0 spiro atoms. The number of hydrogen-bond acceptors (Lipinski definition) is 3. The number of rotatable bonds is 0. The highest BCUT2D eigenvalue weighted by molar-refractivity contribution is 5.97. The van der Waals surface area contributed by atoms with Gasteiger partial charge in [-0.05, 0) is 177 Å². The quantitative estimate of drug-likeness (QED) is 0.145. The van der Waals surface area contributed by atoms with Crippen LogP contribution in [0.3, 0.4) is 0 Å². The molecule has 5 aromatic carbocycles. The van der Waals surface area contributed by atoms with Crippen LogP contribution in [0, 0.1) is 47.1 Å². The van der Waals surface area contributed by atoms with Gasteiger partial charge >= 0.3 is 0 Å². The minimum absolute atomic E-state index is 0.285. The molecule has 0 aromatic heterocycles. The molecule has 1 aliphatic carbocycles. The molecule has 0 saturated carbocycles. The van der Waals surface area contributed by atoms with Gasteiger partial charge in [-0.3, -0.25) is 0 Å². The Morgan fingerprint density at radius 1 is 0.300 bits per heavy atom. The van der Waals surface area contributed by atoms with E-state index in [0.29, 0.717) is 44.8 Å². The summed E-state index contributed by atoms with van der Waals surface area (Å²) < 4.78 is 0. The van der Waals surface area contributed by atoms with Gasteiger partial charge in [-0.1, -0.05) is 158 Å². The highest BCUT2D eigenvalue weighted by Crippen LogP contribution is 2.38. The first kappa shape index (κ1) is 51.6. The second-order valence-electron chi connectivity index (χ2n) is 23.8. The van der Waals surface area contributed by atoms with Crippen LogP contribution in [-0.4, -0.2) is 0 Å². The zero-order valence-electron chi connectivity index (χ0n) is 43.8. The Hall–Kier alpha value is -7.75. The summed E-state index contributed by atoms with van der Waals surface area (Å²) >= 11 is 0. The van der Waals surface area contributed by atoms with Crippen LogP contribution in [0.2, 0.25) is 0 Å². The standard InChI is InChI=1S/C65H65N5/c1-61(2,3)54-27-42-18-46(33-54)51(38-66)23-41-19-47(34-55(26-41)62(4,5)6)53(40-68)25-43-21-49(36-57(28-43)64(10,11)12)60(70-17)32-45-22-50(37-58(30-45)65(13,14)15)59(69-16)31-44-20-48(52(24-42)39-67)35-56(29-44)63(7,8)9/h18-37H,1-15H3/b51-23+,52-24+,53-25+,59-31-,60-32-. The van der Waals surface area contributed by atoms with Gasteiger partial charge in [0.1, 0.15) is 0 Å². The molecule has 6 rings (SSSR count). The second-order valence-corrected chi connectivity index (χ2v) is 23.8. The van der Waals surface area contributed by atoms with E-state index < -0.39 is 0 Å². The summed E-state index contributed by atoms with van der Waals surface area (Å²) in [5.41, 5.74) is 13.3. The smallest absolute Gasteiger partial charge is 0.194 e. The Morgan fingerprint density at radius 3 is 0.700 bits per heavy atom. The van der Waals surface area contributed by atoms with Crippen molar-refractivity contribution in [1.82, 2.24) is 0 Å². The van der Waals surface area contributed by atoms with Gasteiger partial charge in [-0.15, -0.1) is 0 Å². The maximum absolute atomic E-state index is 10.9. The van der Waals surface area contributed by atoms with E-state index in [9.17, 15) is 15.8 Å². The van der Waals surface area contributed by atoms with Crippen LogP contribution in [0.1, 0.15) is 187 Å². The Bertz CT molecular complexity index is 2790. The first-order valence-corrected chi connectivity index (χ1v) is 23.9. The Kier molecular flexibility index (Phi) is 14.3. The molecular formula is C65H65N5. The molecule has 350 valence electrons. The van der Waals surface area contributed by atoms with Crippen molar-refractivity contribution in [3.8, 4) is 18.2 Å². The summed E-state index contributed by atoms with van der Waals surface area (Å²) in [5, 5.41) is 32.8. The van der Waals surface area contributed by atoms with E-state index in [1.165, 1.54) is 0 Å². The average molecular weight is 916 g/mol. The number of hydrogen-bond donors (Lipinski definition) is 0. The monoisotopic (exact) mass is 916 g/mol. The van der Waals surface area contributed by atoms with Crippen molar-refractivity contribution in [3.05, 3.63) is 197 Å². The van der Waals surface area contributed by atoms with Gasteiger partial charge in [0, 0.05) is 0 Å². The van der Waals surface area contributed by atoms with Gasteiger partial charge in [0.05, 0.1) is 48.1 Å². The van der Waals surface area contributed by atoms with E-state index in [1.54, 1.807) is 0 Å². The number of fused-ring (bicyclic) bond motifs is 10. The van der Waals surface area contributed by atoms with Crippen molar-refractivity contribution in [2.45, 2.75) is 131 Å². The largest absolute Gasteiger partial charge is 0.238 e. The van der Waals surface area contributed by atoms with Crippen molar-refractivity contribution in [2.75, 3.05) is 0 Å². The zero-order valence-corrected chi connectivity index (χ0v) is 43.8. The van der Waals surface area contributed by atoms with Gasteiger partial charge in [-0.2, -0.15) is 15.8 Å². The minimum Gasteiger partial charge on any atom is -0.238 e. The van der Waals surface area contributed by atoms with Crippen molar-refractivity contribution in [3.63, 3.8) is 0 Å². The minimum atomic E-state index is -0.293. The van der Waals surface area contributed by atoms with Crippen LogP contribution < -0.4 is 0 Å². The fourth-order valence-corrected chi connectivity index (χ4v) is 8.32. The summed E-state index contributed by atoms with van der Waals surface area (Å²) in [6.45, 7) is 49.2. The number of nitrogens with zero attached hydrogens (tertiary/aromatic N) is 5. The van der Waals surface area contributed by atoms with Crippen LogP contribution in [0.5, 0.6) is 0 Å². The molecule has 0 atom stereocenters. The van der Waals surface area contributed by atoms with Gasteiger partial charge < -0.3 is 0 Å². The molecule has 0 N–H and O–H groups in total. The zero-order chi connectivity index (χ0) is 51.7. The second kappa shape index (κ2) is 19.3. The molecule has 0 amide bonds. The topological polar surface area (TPSA) is 80.1 Å². The average Bonchev–Trinajstić information content (AvgIpc) is 3.27. The Labute approximate surface area is 418 Å². The third kappa shape index (κ3) is 12.1. The summed E-state index contributed by atoms with van der Waals surface area (Å²) in [6, 6.07) is 38.1. The van der Waals surface area contributed by atoms with Gasteiger partial charge in [0.2, 0.25) is 0 Å². The van der Waals surface area contributed by atoms with Crippen LogP contribution in [0.4, 0.5) is 0 Å². The predicted molar refractivity (Wildman–Crippen MR) is 295 cm³/mol. The first-order chi connectivity index (χ1) is 32.5. The van der Waals surface area contributed by atoms with E-state index in [0.717, 1.165) is 66.8 Å². The molecule has 5 aromatic rings. The first-order valence-electron chi connectivity index (χ1n) is 23.9. The maximum Gasteiger partial charge on any atom is 0.194 e. The highest BCUT2D eigenvalue weighted by Gasteiger charge is 2.23. The van der Waals surface area contributed by atoms with E-state index in [4.69, 9.17) is 13.1 Å². The molecular weight excluding hydrogens is 851 g/mol. The molecule has 0 radical (unpaired) electrons. The molecule has 70 heavy (non-hydrogen) atoms. The van der Waals surface area contributed by atoms with Crippen molar-refractivity contribution < 1.29 is 0 Å². The fraction of sp³-hybridized carbons (Fsp3) is 0.308. The molecule has 5 nitrogen and oxygen atoms in total. The lowest BCUT2D eigenvalue weighted by atomic mass is 9.82. The van der Waals surface area contributed by atoms with Gasteiger partial charge in [-0.25, -0.2) is 9.69 Å². The van der Waals surface area contributed by atoms with Crippen molar-refractivity contribution in [2.24, 2.45) is 0 Å². The van der Waals surface area contributed by atoms with E-state index in [2.05, 4.69) is 192 Å². The lowest BCUT2D eigenvalue weighted by molar-refractivity contribution is 0.589. The molecule has 5 heteroatoms. The van der Waals surface area contributed by atoms with E-state index >= 15 is 0 Å². The summed E-state index contributed by atoms with van der Waals surface area (Å²) in [4.78, 5) is 8.24. The third-order valence-electron chi connectivity index (χ3n) is 12.8. The summed E-state index contributed by atoms with van der Waals surface area (Å²) in [6.07, 6.45) is 9.47. The molecule has 0 unspecified atom stereocenters. The van der Waals surface area contributed by atoms with Crippen molar-refractivity contribution >= 4 is 58.5 Å². The number of nitriles is 3. The van der Waals surface area contributed by atoms with E-state index in [1.807, 2.05) is 60.7 Å². The van der Waals surface area contributed by atoms with Crippen LogP contribution in [0.25, 0.3) is 68.2 Å². The lowest BCUT2D eigenvalue weighted by Crippen LogP contribution is -2.12. The lowest BCUT2D eigenvalue weighted by Gasteiger charge is -2.22. The number of allylic oxidation sites excluding steroid dienone is 3. The van der Waals surface area contributed by atoms with Crippen molar-refractivity contribution in [1.29, 1.82) is 15.8 Å². The van der Waals surface area contributed by atoms with Gasteiger partial charge in [0.25, 0.3) is 0 Å². The molecule has 0 aliphatic heterocycles. The summed E-state index contributed by atoms with van der Waals surface area (Å²) in [7, 11) is 0. The maximum atomic E-state index is 10.9. The molecule has 1 aliphatic rings. The van der Waals surface area contributed by atoms with Crippen LogP contribution in [-0.2, 0) is 27.1 Å². The number of benzene rings is 5. The molecule has 0 heterocycles. The van der Waals surface area contributed by atoms with Gasteiger partial charge in [0.15, 0.2) is 11.4 Å². The van der Waals surface area contributed by atoms with Crippen LogP contribution >= 0.6 is 0 Å². The predicted octanol–water partition coefficient (Wildman–Crippen LogP) is 17.5. The van der Waals surface area contributed by atoms with E-state index in [-0.39, 0.29) is 27.1 Å².